The lowest BCUT2D eigenvalue weighted by molar-refractivity contribution is 0.661. The molecule has 0 N–H and O–H groups in total. The Morgan fingerprint density at radius 2 is 0.731 bits per heavy atom. The van der Waals surface area contributed by atoms with E-state index in [1.165, 1.54) is 60.3 Å². The van der Waals surface area contributed by atoms with Crippen LogP contribution in [0.3, 0.4) is 0 Å². The molecule has 67 heavy (non-hydrogen) atoms. The van der Waals surface area contributed by atoms with Gasteiger partial charge < -0.3 is 18.9 Å². The largest absolute Gasteiger partial charge is 0.310 e. The molecular formula is C63H46N4. The molecule has 2 aromatic heterocycles. The Morgan fingerprint density at radius 3 is 1.34 bits per heavy atom. The number of benzene rings is 10. The van der Waals surface area contributed by atoms with Crippen molar-refractivity contribution in [1.29, 1.82) is 0 Å². The van der Waals surface area contributed by atoms with E-state index in [-0.39, 0.29) is 5.41 Å². The van der Waals surface area contributed by atoms with E-state index in [9.17, 15) is 0 Å². The topological polar surface area (TPSA) is 16.3 Å². The average Bonchev–Trinajstić information content (AvgIpc) is 3.96. The standard InChI is InChI=1S/C63H46N4/c1-63(2)57-36-33-48(64(43-20-8-3-9-21-43)44-22-10-4-11-23-44)38-53(57)54-42-62-56(41-58(54)63)55-39-49(65(45-24-12-5-13-25-45)46-26-14-6-15-27-46)34-37-60(55)67(62)50-32-35-52-51-30-18-19-31-59(51)66(61(52)40-50)47-28-16-7-17-29-47/h3-42H,1-2H3. The molecule has 0 fully saturated rings. The SMILES string of the molecule is CC1(C)c2ccc(N(c3ccccc3)c3ccccc3)cc2-c2cc3c(cc21)c1cc(N(c2ccccc2)c2ccccc2)ccc1n3-c1ccc2c3ccccc3n(-c3ccccc3)c2c1. The van der Waals surface area contributed by atoms with E-state index in [0.29, 0.717) is 0 Å². The van der Waals surface area contributed by atoms with Gasteiger partial charge in [-0.2, -0.15) is 0 Å². The summed E-state index contributed by atoms with van der Waals surface area (Å²) in [5.74, 6) is 0. The summed E-state index contributed by atoms with van der Waals surface area (Å²) in [5, 5.41) is 4.92. The highest BCUT2D eigenvalue weighted by Gasteiger charge is 2.37. The Kier molecular flexibility index (Phi) is 8.84. The zero-order valence-electron chi connectivity index (χ0n) is 37.4. The number of rotatable bonds is 8. The first kappa shape index (κ1) is 38.8. The van der Waals surface area contributed by atoms with Crippen LogP contribution in [0.4, 0.5) is 34.1 Å². The molecule has 0 saturated carbocycles. The summed E-state index contributed by atoms with van der Waals surface area (Å²) >= 11 is 0. The molecule has 0 amide bonds. The van der Waals surface area contributed by atoms with Gasteiger partial charge in [0.15, 0.2) is 0 Å². The van der Waals surface area contributed by atoms with Gasteiger partial charge in [0.2, 0.25) is 0 Å². The molecule has 4 heteroatoms. The van der Waals surface area contributed by atoms with E-state index in [1.54, 1.807) is 0 Å². The Balaban J connectivity index is 1.08. The van der Waals surface area contributed by atoms with Gasteiger partial charge in [0.25, 0.3) is 0 Å². The molecule has 1 aliphatic carbocycles. The predicted octanol–water partition coefficient (Wildman–Crippen LogP) is 17.1. The molecular weight excluding hydrogens is 813 g/mol. The van der Waals surface area contributed by atoms with Crippen molar-refractivity contribution in [3.63, 3.8) is 0 Å². The van der Waals surface area contributed by atoms with Crippen molar-refractivity contribution in [1.82, 2.24) is 9.13 Å². The highest BCUT2D eigenvalue weighted by Crippen LogP contribution is 2.53. The number of anilines is 6. The van der Waals surface area contributed by atoms with E-state index < -0.39 is 0 Å². The van der Waals surface area contributed by atoms with E-state index in [2.05, 4.69) is 275 Å². The summed E-state index contributed by atoms with van der Waals surface area (Å²) < 4.78 is 4.92. The second-order valence-electron chi connectivity index (χ2n) is 18.2. The van der Waals surface area contributed by atoms with Gasteiger partial charge in [-0.05, 0) is 144 Å². The van der Waals surface area contributed by atoms with E-state index in [4.69, 9.17) is 0 Å². The maximum Gasteiger partial charge on any atom is 0.0561 e. The van der Waals surface area contributed by atoms with Crippen LogP contribution in [-0.4, -0.2) is 9.13 Å². The summed E-state index contributed by atoms with van der Waals surface area (Å²) in [7, 11) is 0. The lowest BCUT2D eigenvalue weighted by Gasteiger charge is -2.27. The molecule has 13 rings (SSSR count). The number of nitrogens with zero attached hydrogens (tertiary/aromatic N) is 4. The average molecular weight is 859 g/mol. The first-order valence-corrected chi connectivity index (χ1v) is 23.2. The molecule has 4 nitrogen and oxygen atoms in total. The van der Waals surface area contributed by atoms with Gasteiger partial charge in [-0.3, -0.25) is 0 Å². The molecule has 0 bridgehead atoms. The molecule has 0 saturated heterocycles. The molecule has 0 spiro atoms. The Labute approximate surface area is 390 Å². The number of aromatic nitrogens is 2. The first-order valence-electron chi connectivity index (χ1n) is 23.2. The molecule has 0 atom stereocenters. The lowest BCUT2D eigenvalue weighted by atomic mass is 9.82. The van der Waals surface area contributed by atoms with Gasteiger partial charge >= 0.3 is 0 Å². The van der Waals surface area contributed by atoms with Gasteiger partial charge in [0, 0.05) is 72.5 Å². The molecule has 2 heterocycles. The second kappa shape index (κ2) is 15.3. The normalized spacial score (nSPS) is 12.7. The first-order chi connectivity index (χ1) is 33.0. The molecule has 10 aromatic carbocycles. The quantitative estimate of drug-likeness (QED) is 0.151. The maximum absolute atomic E-state index is 2.51. The number of para-hydroxylation sites is 6. The van der Waals surface area contributed by atoms with Crippen LogP contribution >= 0.6 is 0 Å². The summed E-state index contributed by atoms with van der Waals surface area (Å²) in [6.45, 7) is 4.78. The van der Waals surface area contributed by atoms with Crippen LogP contribution in [0.15, 0.2) is 243 Å². The third-order valence-corrected chi connectivity index (χ3v) is 14.0. The fraction of sp³-hybridized carbons (Fsp3) is 0.0476. The fourth-order valence-electron chi connectivity index (χ4n) is 11.0. The van der Waals surface area contributed by atoms with Gasteiger partial charge in [0.05, 0.1) is 22.1 Å². The third-order valence-electron chi connectivity index (χ3n) is 14.0. The third kappa shape index (κ3) is 6.14. The van der Waals surface area contributed by atoms with Gasteiger partial charge in [-0.1, -0.05) is 135 Å². The smallest absolute Gasteiger partial charge is 0.0561 e. The van der Waals surface area contributed by atoms with Gasteiger partial charge in [-0.15, -0.1) is 0 Å². The van der Waals surface area contributed by atoms with Crippen molar-refractivity contribution in [2.75, 3.05) is 9.80 Å². The highest BCUT2D eigenvalue weighted by molar-refractivity contribution is 6.14. The van der Waals surface area contributed by atoms with Crippen LogP contribution < -0.4 is 9.80 Å². The maximum atomic E-state index is 2.51. The van der Waals surface area contributed by atoms with Crippen molar-refractivity contribution in [3.8, 4) is 22.5 Å². The molecule has 0 unspecified atom stereocenters. The zero-order valence-corrected chi connectivity index (χ0v) is 37.4. The van der Waals surface area contributed by atoms with Crippen molar-refractivity contribution in [3.05, 3.63) is 254 Å². The van der Waals surface area contributed by atoms with Crippen LogP contribution in [0.25, 0.3) is 66.1 Å². The molecule has 0 radical (unpaired) electrons. The monoisotopic (exact) mass is 858 g/mol. The summed E-state index contributed by atoms with van der Waals surface area (Å²) in [5.41, 5.74) is 18.7. The molecule has 0 aliphatic heterocycles. The Morgan fingerprint density at radius 1 is 0.284 bits per heavy atom. The molecule has 12 aromatic rings. The summed E-state index contributed by atoms with van der Waals surface area (Å²) in [6, 6.07) is 88.5. The predicted molar refractivity (Wildman–Crippen MR) is 282 cm³/mol. The zero-order chi connectivity index (χ0) is 44.6. The van der Waals surface area contributed by atoms with Crippen LogP contribution in [0, 0.1) is 0 Å². The van der Waals surface area contributed by atoms with Crippen molar-refractivity contribution >= 4 is 77.7 Å². The minimum absolute atomic E-state index is 0.233. The van der Waals surface area contributed by atoms with Crippen LogP contribution in [0.1, 0.15) is 25.0 Å². The second-order valence-corrected chi connectivity index (χ2v) is 18.2. The number of fused-ring (bicyclic) bond motifs is 9. The Bertz CT molecular complexity index is 3740. The number of hydrogen-bond acceptors (Lipinski definition) is 2. The van der Waals surface area contributed by atoms with Crippen molar-refractivity contribution in [2.24, 2.45) is 0 Å². The van der Waals surface area contributed by atoms with Crippen LogP contribution in [0.5, 0.6) is 0 Å². The van der Waals surface area contributed by atoms with Gasteiger partial charge in [0.1, 0.15) is 0 Å². The lowest BCUT2D eigenvalue weighted by Crippen LogP contribution is -2.15. The molecule has 1 aliphatic rings. The summed E-state index contributed by atoms with van der Waals surface area (Å²) in [4.78, 5) is 4.74. The molecule has 318 valence electrons. The highest BCUT2D eigenvalue weighted by atomic mass is 15.1. The van der Waals surface area contributed by atoms with E-state index in [0.717, 1.165) is 51.0 Å². The Hall–Kier alpha value is -8.60. The van der Waals surface area contributed by atoms with Crippen molar-refractivity contribution in [2.45, 2.75) is 19.3 Å². The van der Waals surface area contributed by atoms with Gasteiger partial charge in [-0.25, -0.2) is 0 Å². The minimum atomic E-state index is -0.233. The fourth-order valence-corrected chi connectivity index (χ4v) is 11.0. The van der Waals surface area contributed by atoms with E-state index >= 15 is 0 Å². The summed E-state index contributed by atoms with van der Waals surface area (Å²) in [6.07, 6.45) is 0. The van der Waals surface area contributed by atoms with Crippen molar-refractivity contribution < 1.29 is 0 Å². The van der Waals surface area contributed by atoms with E-state index in [1.807, 2.05) is 0 Å². The van der Waals surface area contributed by atoms with Crippen LogP contribution in [0.2, 0.25) is 0 Å². The number of hydrogen-bond donors (Lipinski definition) is 0. The van der Waals surface area contributed by atoms with Crippen LogP contribution in [-0.2, 0) is 5.41 Å². The minimum Gasteiger partial charge on any atom is -0.310 e.